The molecule has 9 heteroatoms. The highest BCUT2D eigenvalue weighted by molar-refractivity contribution is 5.95. The molecule has 1 aliphatic carbocycles. The Morgan fingerprint density at radius 2 is 1.71 bits per heavy atom. The summed E-state index contributed by atoms with van der Waals surface area (Å²) in [6.07, 6.45) is -2.12. The smallest absolute Gasteiger partial charge is 0.398 e. The second-order valence-electron chi connectivity index (χ2n) is 7.28. The van der Waals surface area contributed by atoms with Crippen LogP contribution in [0.5, 0.6) is 5.88 Å². The lowest BCUT2D eigenvalue weighted by Crippen LogP contribution is -2.34. The number of hydrogen-bond acceptors (Lipinski definition) is 4. The number of nitrogens with two attached hydrogens (primary N) is 1. The third-order valence-corrected chi connectivity index (χ3v) is 5.09. The molecule has 0 atom stereocenters. The summed E-state index contributed by atoms with van der Waals surface area (Å²) in [5.74, 6) is -1.35. The number of rotatable bonds is 5. The summed E-state index contributed by atoms with van der Waals surface area (Å²) in [6.45, 7) is 0. The van der Waals surface area contributed by atoms with Crippen LogP contribution in [0.4, 0.5) is 23.2 Å². The van der Waals surface area contributed by atoms with Gasteiger partial charge in [0.15, 0.2) is 0 Å². The molecule has 0 saturated heterocycles. The largest absolute Gasteiger partial charge is 0.574 e. The maximum Gasteiger partial charge on any atom is 0.574 e. The maximum atomic E-state index is 13.1. The number of nitrogens with zero attached hydrogens (tertiary/aromatic N) is 1. The fraction of sp³-hybridized carbons (Fsp3) is 0.182. The number of benzene rings is 2. The lowest BCUT2D eigenvalue weighted by Gasteiger charge is -2.19. The number of halogens is 4. The van der Waals surface area contributed by atoms with Gasteiger partial charge in [0.05, 0.1) is 5.54 Å². The van der Waals surface area contributed by atoms with E-state index < -0.39 is 23.6 Å². The van der Waals surface area contributed by atoms with Crippen LogP contribution in [-0.2, 0) is 5.54 Å². The van der Waals surface area contributed by atoms with Crippen molar-refractivity contribution in [3.63, 3.8) is 0 Å². The van der Waals surface area contributed by atoms with Gasteiger partial charge in [0.25, 0.3) is 5.91 Å². The molecular weight excluding hydrogens is 414 g/mol. The first-order chi connectivity index (χ1) is 14.7. The first-order valence-electron chi connectivity index (χ1n) is 9.35. The summed E-state index contributed by atoms with van der Waals surface area (Å²) in [7, 11) is 0. The Bertz CT molecular complexity index is 1110. The number of aromatic nitrogens is 1. The van der Waals surface area contributed by atoms with Crippen LogP contribution in [0.2, 0.25) is 0 Å². The van der Waals surface area contributed by atoms with Gasteiger partial charge in [-0.3, -0.25) is 4.79 Å². The molecule has 0 aliphatic heterocycles. The van der Waals surface area contributed by atoms with E-state index in [1.54, 1.807) is 12.1 Å². The van der Waals surface area contributed by atoms with E-state index in [2.05, 4.69) is 15.0 Å². The van der Waals surface area contributed by atoms with E-state index >= 15 is 0 Å². The third-order valence-electron chi connectivity index (χ3n) is 5.09. The molecule has 3 aromatic rings. The van der Waals surface area contributed by atoms with Gasteiger partial charge in [-0.1, -0.05) is 24.3 Å². The van der Waals surface area contributed by atoms with Gasteiger partial charge in [0.2, 0.25) is 5.88 Å². The second kappa shape index (κ2) is 7.57. The molecule has 1 saturated carbocycles. The van der Waals surface area contributed by atoms with E-state index in [9.17, 15) is 22.4 Å². The van der Waals surface area contributed by atoms with Gasteiger partial charge in [-0.15, -0.1) is 13.2 Å². The van der Waals surface area contributed by atoms with Crippen LogP contribution in [0.1, 0.15) is 28.8 Å². The van der Waals surface area contributed by atoms with Crippen LogP contribution in [0.25, 0.3) is 11.1 Å². The van der Waals surface area contributed by atoms with Crippen LogP contribution in [0.3, 0.4) is 0 Å². The summed E-state index contributed by atoms with van der Waals surface area (Å²) in [5, 5.41) is 3.00. The number of pyridine rings is 1. The Morgan fingerprint density at radius 3 is 2.26 bits per heavy atom. The number of alkyl halides is 3. The number of amides is 1. The van der Waals surface area contributed by atoms with Crippen molar-refractivity contribution in [2.24, 2.45) is 0 Å². The maximum absolute atomic E-state index is 13.1. The zero-order chi connectivity index (χ0) is 22.2. The number of ether oxygens (including phenoxy) is 1. The van der Waals surface area contributed by atoms with Crippen molar-refractivity contribution in [3.8, 4) is 17.0 Å². The van der Waals surface area contributed by atoms with Crippen molar-refractivity contribution in [1.29, 1.82) is 0 Å². The normalized spacial score (nSPS) is 14.7. The molecule has 1 fully saturated rings. The average molecular weight is 431 g/mol. The van der Waals surface area contributed by atoms with Crippen molar-refractivity contribution in [1.82, 2.24) is 10.3 Å². The van der Waals surface area contributed by atoms with Gasteiger partial charge >= 0.3 is 6.36 Å². The van der Waals surface area contributed by atoms with Crippen molar-refractivity contribution < 1.29 is 27.1 Å². The highest BCUT2D eigenvalue weighted by Crippen LogP contribution is 2.46. The molecule has 1 amide bonds. The summed E-state index contributed by atoms with van der Waals surface area (Å²) >= 11 is 0. The Balaban J connectivity index is 1.50. The minimum Gasteiger partial charge on any atom is -0.398 e. The predicted octanol–water partition coefficient (Wildman–Crippen LogP) is 4.79. The number of nitrogens with one attached hydrogen (secondary N) is 1. The molecular formula is C22H17F4N3O2. The Labute approximate surface area is 174 Å². The number of carbonyl (C=O) groups excluding carboxylic acids is 1. The molecule has 1 heterocycles. The van der Waals surface area contributed by atoms with Gasteiger partial charge < -0.3 is 15.8 Å². The predicted molar refractivity (Wildman–Crippen MR) is 106 cm³/mol. The molecule has 31 heavy (non-hydrogen) atoms. The first-order valence-corrected chi connectivity index (χ1v) is 9.35. The number of hydrogen-bond donors (Lipinski definition) is 2. The third kappa shape index (κ3) is 4.60. The molecule has 0 radical (unpaired) electrons. The lowest BCUT2D eigenvalue weighted by molar-refractivity contribution is -0.276. The van der Waals surface area contributed by atoms with E-state index in [4.69, 9.17) is 5.73 Å². The molecule has 160 valence electrons. The van der Waals surface area contributed by atoms with E-state index in [0.29, 0.717) is 16.7 Å². The highest BCUT2D eigenvalue weighted by Gasteiger charge is 2.45. The molecule has 1 aliphatic rings. The molecule has 5 nitrogen and oxygen atoms in total. The number of carbonyl (C=O) groups is 1. The fourth-order valence-corrected chi connectivity index (χ4v) is 3.34. The molecule has 4 rings (SSSR count). The van der Waals surface area contributed by atoms with Crippen LogP contribution >= 0.6 is 0 Å². The SMILES string of the molecule is Nc1cc(OC(F)(F)F)ncc1-c1ccc(C2(NC(=O)c3ccc(F)cc3)CC2)cc1. The van der Waals surface area contributed by atoms with Crippen LogP contribution in [0.15, 0.2) is 60.8 Å². The van der Waals surface area contributed by atoms with Crippen LogP contribution in [0, 0.1) is 5.82 Å². The van der Waals surface area contributed by atoms with Gasteiger partial charge in [0.1, 0.15) is 5.82 Å². The van der Waals surface area contributed by atoms with E-state index in [1.807, 2.05) is 12.1 Å². The van der Waals surface area contributed by atoms with Gasteiger partial charge in [-0.05, 0) is 48.2 Å². The quantitative estimate of drug-likeness (QED) is 0.570. The standard InChI is InChI=1S/C22H17F4N3O2/c23-16-7-3-14(4-8-16)20(30)29-21(9-10-21)15-5-1-13(2-6-15)17-12-28-19(11-18(17)27)31-22(24,25)26/h1-8,11-12H,9-10H2,(H2,27,28)(H,29,30). The van der Waals surface area contributed by atoms with Crippen molar-refractivity contribution in [3.05, 3.63) is 77.7 Å². The number of anilines is 1. The van der Waals surface area contributed by atoms with E-state index in [0.717, 1.165) is 24.5 Å². The average Bonchev–Trinajstić information content (AvgIpc) is 3.48. The van der Waals surface area contributed by atoms with Crippen LogP contribution in [-0.4, -0.2) is 17.3 Å². The second-order valence-corrected chi connectivity index (χ2v) is 7.28. The molecule has 0 unspecified atom stereocenters. The molecule has 1 aromatic heterocycles. The van der Waals surface area contributed by atoms with Gasteiger partial charge in [0, 0.05) is 29.1 Å². The van der Waals surface area contributed by atoms with Gasteiger partial charge in [-0.25, -0.2) is 9.37 Å². The van der Waals surface area contributed by atoms with Crippen molar-refractivity contribution in [2.75, 3.05) is 5.73 Å². The molecule has 3 N–H and O–H groups in total. The Kier molecular flexibility index (Phi) is 5.04. The summed E-state index contributed by atoms with van der Waals surface area (Å²) < 4.78 is 53.8. The van der Waals surface area contributed by atoms with E-state index in [-0.39, 0.29) is 11.6 Å². The minimum atomic E-state index is -4.85. The van der Waals surface area contributed by atoms with Gasteiger partial charge in [-0.2, -0.15) is 0 Å². The summed E-state index contributed by atoms with van der Waals surface area (Å²) in [4.78, 5) is 16.2. The fourth-order valence-electron chi connectivity index (χ4n) is 3.34. The lowest BCUT2D eigenvalue weighted by atomic mass is 9.99. The molecule has 0 spiro atoms. The molecule has 0 bridgehead atoms. The number of nitrogen functional groups attached to an aromatic ring is 1. The minimum absolute atomic E-state index is 0.0905. The molecule has 2 aromatic carbocycles. The summed E-state index contributed by atoms with van der Waals surface area (Å²) in [5.41, 5.74) is 7.84. The zero-order valence-corrected chi connectivity index (χ0v) is 16.0. The summed E-state index contributed by atoms with van der Waals surface area (Å²) in [6, 6.07) is 13.5. The first kappa shape index (κ1) is 20.6. The Hall–Kier alpha value is -3.62. The monoisotopic (exact) mass is 431 g/mol. The van der Waals surface area contributed by atoms with Crippen molar-refractivity contribution >= 4 is 11.6 Å². The highest BCUT2D eigenvalue weighted by atomic mass is 19.4. The zero-order valence-electron chi connectivity index (χ0n) is 16.0. The van der Waals surface area contributed by atoms with E-state index in [1.165, 1.54) is 30.5 Å². The Morgan fingerprint density at radius 1 is 1.06 bits per heavy atom. The van der Waals surface area contributed by atoms with Crippen LogP contribution < -0.4 is 15.8 Å². The van der Waals surface area contributed by atoms with Crippen molar-refractivity contribution in [2.45, 2.75) is 24.7 Å². The topological polar surface area (TPSA) is 77.2 Å².